The monoisotopic (exact) mass is 1720 g/mol. The predicted molar refractivity (Wildman–Crippen MR) is 432 cm³/mol. The fourth-order valence-electron chi connectivity index (χ4n) is 12.0. The van der Waals surface area contributed by atoms with Crippen LogP contribution < -0.4 is 41.6 Å². The number of halogens is 3. The molecule has 0 bridgehead atoms. The average molecular weight is 1720 g/mol. The molecule has 0 radical (unpaired) electrons. The second-order valence-electron chi connectivity index (χ2n) is 27.4. The van der Waals surface area contributed by atoms with Crippen LogP contribution in [0.2, 0.25) is 0 Å². The fourth-order valence-corrected chi connectivity index (χ4v) is 12.0. The lowest BCUT2D eigenvalue weighted by Crippen LogP contribution is -2.42. The van der Waals surface area contributed by atoms with Crippen molar-refractivity contribution >= 4 is 70.2 Å². The maximum absolute atomic E-state index is 14.0. The number of esters is 2. The van der Waals surface area contributed by atoms with E-state index in [-0.39, 0.29) is 131 Å². The number of aromatic nitrogens is 4. The predicted octanol–water partition coefficient (Wildman–Crippen LogP) is 4.96. The van der Waals surface area contributed by atoms with Gasteiger partial charge < -0.3 is 102 Å². The molecule has 1 fully saturated rings. The molecule has 6 amide bonds. The number of carbonyl (C=O) groups excluding carboxylic acids is 8. The third kappa shape index (κ3) is 34.9. The van der Waals surface area contributed by atoms with Crippen molar-refractivity contribution in [1.29, 1.82) is 0 Å². The van der Waals surface area contributed by atoms with E-state index < -0.39 is 89.5 Å². The quantitative estimate of drug-likeness (QED) is 0.0191. The van der Waals surface area contributed by atoms with Crippen LogP contribution in [0, 0.1) is 5.92 Å². The van der Waals surface area contributed by atoms with Crippen LogP contribution in [0.15, 0.2) is 114 Å². The number of nitrogens with one attached hydrogen (secondary N) is 4. The Balaban J connectivity index is 0.617. The number of fused-ring (bicyclic) bond motifs is 1. The number of aromatic amines is 1. The number of likely N-dealkylation sites (tertiary alicyclic amines) is 1. The number of nitrogens with two attached hydrogens (primary N) is 1. The zero-order chi connectivity index (χ0) is 87.8. The van der Waals surface area contributed by atoms with Crippen LogP contribution in [0.25, 0.3) is 11.2 Å². The number of nitrogens with zero attached hydrogens (tertiary/aromatic N) is 5. The van der Waals surface area contributed by atoms with E-state index in [9.17, 15) is 56.3 Å². The van der Waals surface area contributed by atoms with Gasteiger partial charge in [-0.2, -0.15) is 18.2 Å². The highest BCUT2D eigenvalue weighted by Gasteiger charge is 2.45. The van der Waals surface area contributed by atoms with Gasteiger partial charge in [0.1, 0.15) is 29.2 Å². The number of methoxy groups -OCH3 is 3. The maximum Gasteiger partial charge on any atom is 0.471 e. The number of carbonyl (C=O) groups is 8. The van der Waals surface area contributed by atoms with Crippen LogP contribution in [0.4, 0.5) is 24.8 Å². The number of primary amides is 1. The Hall–Kier alpha value is -10.3. The number of anilines is 2. The highest BCUT2D eigenvalue weighted by molar-refractivity contribution is 6.00. The molecule has 122 heavy (non-hydrogen) atoms. The lowest BCUT2D eigenvalue weighted by Gasteiger charge is -2.38. The minimum absolute atomic E-state index is 0.0549. The molecule has 0 spiro atoms. The van der Waals surface area contributed by atoms with Crippen LogP contribution in [-0.2, 0) is 117 Å². The maximum atomic E-state index is 14.0. The Bertz CT molecular complexity index is 4150. The molecule has 36 nitrogen and oxygen atoms in total. The van der Waals surface area contributed by atoms with Crippen molar-refractivity contribution in [3.8, 4) is 11.5 Å². The van der Waals surface area contributed by atoms with Gasteiger partial charge in [-0.1, -0.05) is 68.4 Å². The van der Waals surface area contributed by atoms with Crippen molar-refractivity contribution in [3.63, 3.8) is 0 Å². The highest BCUT2D eigenvalue weighted by atomic mass is 19.4. The molecular formula is C83H111F3N10O26. The molecule has 1 aliphatic heterocycles. The molecule has 3 heterocycles. The molecule has 7 rings (SSSR count). The Morgan fingerprint density at radius 1 is 0.582 bits per heavy atom. The van der Waals surface area contributed by atoms with Crippen molar-refractivity contribution < 1.29 is 132 Å². The summed E-state index contributed by atoms with van der Waals surface area (Å²) in [5.41, 5.74) is 4.49. The van der Waals surface area contributed by atoms with Gasteiger partial charge in [0, 0.05) is 43.0 Å². The first-order valence-electron chi connectivity index (χ1n) is 39.9. The summed E-state index contributed by atoms with van der Waals surface area (Å²) in [5.74, 6) is -5.66. The molecule has 2 aromatic heterocycles. The molecule has 6 N–H and O–H groups in total. The van der Waals surface area contributed by atoms with E-state index in [0.29, 0.717) is 142 Å². The molecule has 670 valence electrons. The van der Waals surface area contributed by atoms with Gasteiger partial charge in [-0.05, 0) is 71.6 Å². The van der Waals surface area contributed by atoms with Crippen molar-refractivity contribution in [2.75, 3.05) is 210 Å². The first-order chi connectivity index (χ1) is 59.0. The average Bonchev–Trinajstić information content (AvgIpc) is 0.858. The number of H-pyrrole nitrogens is 1. The summed E-state index contributed by atoms with van der Waals surface area (Å²) in [4.78, 5) is 131. The number of hydrogen-bond donors (Lipinski definition) is 5. The Morgan fingerprint density at radius 3 is 1.52 bits per heavy atom. The SMILES string of the molecule is COC(=O)[C@H](CCC(=O)NCCOCCOCCOCCOCCOCCOCCOCCOCCOCCOCCOCCOCCC(=O)N1CC(OC(=O)CCC(N)=O)C[C@H]1COC(c1ccccc1)(c1ccc(OC)cc1)c1ccc(OC)cc1)NC(=O)c1ccc(N(Cc2cnc3nc(NC(=O)C(C)C)[nH]c(=O)c3n2)C(=O)C(F)(F)F)cc1. The molecule has 0 saturated carbocycles. The van der Waals surface area contributed by atoms with E-state index in [1.54, 1.807) is 33.0 Å². The molecule has 1 aliphatic rings. The Morgan fingerprint density at radius 2 is 1.06 bits per heavy atom. The summed E-state index contributed by atoms with van der Waals surface area (Å²) >= 11 is 0. The molecule has 3 atom stereocenters. The van der Waals surface area contributed by atoms with Crippen molar-refractivity contribution in [3.05, 3.63) is 148 Å². The van der Waals surface area contributed by atoms with E-state index in [0.717, 1.165) is 54.3 Å². The van der Waals surface area contributed by atoms with Crippen LogP contribution in [-0.4, -0.2) is 296 Å². The topological polar surface area (TPSA) is 434 Å². The van der Waals surface area contributed by atoms with Crippen LogP contribution in [0.1, 0.15) is 85.1 Å². The summed E-state index contributed by atoms with van der Waals surface area (Å²) < 4.78 is 137. The van der Waals surface area contributed by atoms with Crippen molar-refractivity contribution in [1.82, 2.24) is 35.5 Å². The number of benzene rings is 4. The van der Waals surface area contributed by atoms with Gasteiger partial charge >= 0.3 is 24.0 Å². The normalized spacial score (nSPS) is 13.7. The summed E-state index contributed by atoms with van der Waals surface area (Å²) in [6.07, 6.45) is -5.36. The minimum Gasteiger partial charge on any atom is -0.497 e. The minimum atomic E-state index is -5.36. The lowest BCUT2D eigenvalue weighted by atomic mass is 9.80. The number of amides is 6. The number of alkyl halides is 3. The molecule has 1 unspecified atom stereocenters. The van der Waals surface area contributed by atoms with Crippen LogP contribution in [0.5, 0.6) is 11.5 Å². The van der Waals surface area contributed by atoms with Gasteiger partial charge in [-0.25, -0.2) is 14.8 Å². The molecule has 1 saturated heterocycles. The second-order valence-corrected chi connectivity index (χ2v) is 27.4. The molecule has 39 heteroatoms. The zero-order valence-corrected chi connectivity index (χ0v) is 69.3. The third-order valence-corrected chi connectivity index (χ3v) is 18.3. The van der Waals surface area contributed by atoms with E-state index in [4.69, 9.17) is 86.3 Å². The summed E-state index contributed by atoms with van der Waals surface area (Å²) in [5, 5.41) is 7.52. The van der Waals surface area contributed by atoms with Crippen molar-refractivity contribution in [2.24, 2.45) is 11.7 Å². The third-order valence-electron chi connectivity index (χ3n) is 18.3. The van der Waals surface area contributed by atoms with Gasteiger partial charge in [-0.3, -0.25) is 53.6 Å². The Kier molecular flexibility index (Phi) is 44.5. The molecule has 4 aromatic carbocycles. The molecule has 6 aromatic rings. The van der Waals surface area contributed by atoms with E-state index in [2.05, 4.69) is 35.9 Å². The smallest absolute Gasteiger partial charge is 0.471 e. The molecule has 0 aliphatic carbocycles. The van der Waals surface area contributed by atoms with Gasteiger partial charge in [0.25, 0.3) is 11.5 Å². The van der Waals surface area contributed by atoms with E-state index in [1.807, 2.05) is 78.9 Å². The molecular weight excluding hydrogens is 1610 g/mol. The van der Waals surface area contributed by atoms with E-state index in [1.165, 1.54) is 0 Å². The van der Waals surface area contributed by atoms with Crippen molar-refractivity contribution in [2.45, 2.75) is 88.9 Å². The first-order valence-corrected chi connectivity index (χ1v) is 39.9. The first kappa shape index (κ1) is 98.8. The second kappa shape index (κ2) is 55.0. The largest absolute Gasteiger partial charge is 0.497 e. The van der Waals surface area contributed by atoms with Gasteiger partial charge in [0.15, 0.2) is 11.2 Å². The lowest BCUT2D eigenvalue weighted by molar-refractivity contribution is -0.170. The summed E-state index contributed by atoms with van der Waals surface area (Å²) in [6, 6.07) is 27.6. The summed E-state index contributed by atoms with van der Waals surface area (Å²) in [7, 11) is 4.29. The van der Waals surface area contributed by atoms with Gasteiger partial charge in [-0.15, -0.1) is 0 Å². The number of ether oxygens (including phenoxy) is 17. The van der Waals surface area contributed by atoms with Gasteiger partial charge in [0.2, 0.25) is 29.6 Å². The van der Waals surface area contributed by atoms with Gasteiger partial charge in [0.05, 0.1) is 230 Å². The van der Waals surface area contributed by atoms with E-state index >= 15 is 0 Å². The Labute approximate surface area is 704 Å². The van der Waals surface area contributed by atoms with Crippen LogP contribution >= 0.6 is 0 Å². The highest BCUT2D eigenvalue weighted by Crippen LogP contribution is 2.43. The number of rotatable bonds is 62. The number of hydrogen-bond acceptors (Lipinski definition) is 29. The standard InChI is InChI=1S/C83H111F3N10O26/c1-58(2)76(101)93-81-92-75-74(78(103)94-81)90-63(54-89-75)55-96(80(105)83(84,85)86)64-17-11-59(12-18-64)77(102)91-69(79(104)108-5)23-25-71(98)88-28-30-110-32-34-112-36-38-114-40-42-116-44-46-118-48-50-120-52-51-119-49-47-117-45-43-115-41-39-113-37-35-111-33-31-109-29-27-72(99)95-56-68(122-73(100)26-24-70(87)97)53-65(95)57-121-82(60-9-7-6-8-10-60,61-13-19-66(106-3)20-14-61)62-15-21-67(107-4)22-16-62/h6-22,54,58,65,68-69H,23-53,55-57H2,1-5H3,(H2,87,97)(H,88,98)(H,91,102)(H2,89,92,93,94,101,103)/t65-,68?,69-/m0/s1. The van der Waals surface area contributed by atoms with Crippen LogP contribution in [0.3, 0.4) is 0 Å². The zero-order valence-electron chi connectivity index (χ0n) is 69.3. The summed E-state index contributed by atoms with van der Waals surface area (Å²) in [6.45, 7) is 10.8. The fraction of sp³-hybridized carbons (Fsp3) is 0.542.